The molecule has 0 atom stereocenters. The van der Waals surface area contributed by atoms with Gasteiger partial charge in [-0.25, -0.2) is 14.6 Å². The zero-order chi connectivity index (χ0) is 21.2. The monoisotopic (exact) mass is 440 g/mol. The highest BCUT2D eigenvalue weighted by molar-refractivity contribution is 7.98. The number of rotatable bonds is 6. The van der Waals surface area contributed by atoms with Crippen molar-refractivity contribution in [2.75, 3.05) is 37.6 Å². The topological polar surface area (TPSA) is 94.4 Å². The molecule has 1 saturated heterocycles. The van der Waals surface area contributed by atoms with E-state index in [4.69, 9.17) is 14.5 Å². The molecule has 1 N–H and O–H groups in total. The Morgan fingerprint density at radius 1 is 1.16 bits per heavy atom. The van der Waals surface area contributed by atoms with Crippen LogP contribution in [0.1, 0.15) is 29.6 Å². The summed E-state index contributed by atoms with van der Waals surface area (Å²) in [6, 6.07) is 5.18. The molecule has 0 saturated carbocycles. The number of aromatic nitrogens is 4. The van der Waals surface area contributed by atoms with Gasteiger partial charge in [0, 0.05) is 25.2 Å². The number of hydrogen-bond donors (Lipinski definition) is 1. The number of nitrogens with one attached hydrogen (secondary N) is 1. The number of anilines is 1. The van der Waals surface area contributed by atoms with Crippen LogP contribution >= 0.6 is 11.8 Å². The Kier molecular flexibility index (Phi) is 5.54. The first-order valence-electron chi connectivity index (χ1n) is 10.4. The van der Waals surface area contributed by atoms with E-state index in [1.165, 1.54) is 31.0 Å². The van der Waals surface area contributed by atoms with Gasteiger partial charge in [0.05, 0.1) is 18.1 Å². The lowest BCUT2D eigenvalue weighted by Crippen LogP contribution is -2.30. The van der Waals surface area contributed by atoms with Crippen LogP contribution in [0.2, 0.25) is 0 Å². The molecule has 9 nitrogen and oxygen atoms in total. The van der Waals surface area contributed by atoms with Gasteiger partial charge in [-0.2, -0.15) is 5.10 Å². The van der Waals surface area contributed by atoms with Crippen LogP contribution < -0.4 is 19.7 Å². The molecule has 0 spiro atoms. The lowest BCUT2D eigenvalue weighted by Gasteiger charge is -2.28. The predicted molar refractivity (Wildman–Crippen MR) is 118 cm³/mol. The molecule has 0 bridgehead atoms. The summed E-state index contributed by atoms with van der Waals surface area (Å²) in [5, 5.41) is 9.17. The smallest absolute Gasteiger partial charge is 0.251 e. The van der Waals surface area contributed by atoms with Crippen LogP contribution in [0.25, 0.3) is 11.0 Å². The second-order valence-electron chi connectivity index (χ2n) is 7.51. The summed E-state index contributed by atoms with van der Waals surface area (Å²) >= 11 is 1.53. The Hall–Kier alpha value is -3.01. The van der Waals surface area contributed by atoms with Gasteiger partial charge in [0.1, 0.15) is 5.82 Å². The average molecular weight is 441 g/mol. The molecular formula is C21H24N6O3S. The molecule has 2 aliphatic rings. The third-order valence-electron chi connectivity index (χ3n) is 5.54. The fraction of sp³-hybridized carbons (Fsp3) is 0.429. The molecule has 4 heterocycles. The Balaban J connectivity index is 1.31. The molecule has 5 rings (SSSR count). The minimum absolute atomic E-state index is 0.164. The molecule has 3 aromatic rings. The van der Waals surface area contributed by atoms with Crippen LogP contribution in [-0.2, 0) is 6.54 Å². The van der Waals surface area contributed by atoms with E-state index in [0.29, 0.717) is 30.2 Å². The second kappa shape index (κ2) is 8.62. The largest absolute Gasteiger partial charge is 0.454 e. The quantitative estimate of drug-likeness (QED) is 0.462. The molecule has 0 radical (unpaired) electrons. The van der Waals surface area contributed by atoms with Gasteiger partial charge in [-0.1, -0.05) is 11.8 Å². The first kappa shape index (κ1) is 19.9. The number of thioether (sulfide) groups is 1. The normalized spacial score (nSPS) is 15.5. The van der Waals surface area contributed by atoms with Gasteiger partial charge in [-0.05, 0) is 43.7 Å². The number of ether oxygens (including phenoxy) is 2. The number of benzene rings is 1. The van der Waals surface area contributed by atoms with Crippen molar-refractivity contribution < 1.29 is 14.3 Å². The standard InChI is InChI=1S/C21H24N6O3S/c1-31-21-24-18(26-8-3-2-4-9-26)15-12-23-27(19(15)25-21)10-7-22-20(28)14-5-6-16-17(11-14)30-13-29-16/h5-6,11-12H,2-4,7-10,13H2,1H3,(H,22,28). The summed E-state index contributed by atoms with van der Waals surface area (Å²) in [5.41, 5.74) is 1.34. The first-order valence-corrected chi connectivity index (χ1v) is 11.7. The van der Waals surface area contributed by atoms with Gasteiger partial charge in [0.15, 0.2) is 22.3 Å². The zero-order valence-electron chi connectivity index (χ0n) is 17.3. The van der Waals surface area contributed by atoms with Gasteiger partial charge in [0.25, 0.3) is 5.91 Å². The Morgan fingerprint density at radius 2 is 2.00 bits per heavy atom. The minimum Gasteiger partial charge on any atom is -0.454 e. The van der Waals surface area contributed by atoms with E-state index >= 15 is 0 Å². The maximum atomic E-state index is 12.5. The first-order chi connectivity index (χ1) is 15.2. The van der Waals surface area contributed by atoms with E-state index in [-0.39, 0.29) is 12.7 Å². The highest BCUT2D eigenvalue weighted by Crippen LogP contribution is 2.32. The second-order valence-corrected chi connectivity index (χ2v) is 8.28. The van der Waals surface area contributed by atoms with Crippen molar-refractivity contribution in [3.8, 4) is 11.5 Å². The number of fused-ring (bicyclic) bond motifs is 2. The Morgan fingerprint density at radius 3 is 2.84 bits per heavy atom. The minimum atomic E-state index is -0.164. The Bertz CT molecular complexity index is 1110. The maximum absolute atomic E-state index is 12.5. The lowest BCUT2D eigenvalue weighted by molar-refractivity contribution is 0.0951. The van der Waals surface area contributed by atoms with Crippen LogP contribution in [0.3, 0.4) is 0 Å². The third-order valence-corrected chi connectivity index (χ3v) is 6.09. The molecule has 0 unspecified atom stereocenters. The van der Waals surface area contributed by atoms with E-state index < -0.39 is 0 Å². The molecule has 1 fully saturated rings. The summed E-state index contributed by atoms with van der Waals surface area (Å²) in [7, 11) is 0. The number of piperidine rings is 1. The number of hydrogen-bond acceptors (Lipinski definition) is 8. The van der Waals surface area contributed by atoms with Crippen molar-refractivity contribution in [1.29, 1.82) is 0 Å². The van der Waals surface area contributed by atoms with Crippen LogP contribution in [0.15, 0.2) is 29.6 Å². The summed E-state index contributed by atoms with van der Waals surface area (Å²) in [5.74, 6) is 2.05. The molecular weight excluding hydrogens is 416 g/mol. The van der Waals surface area contributed by atoms with Gasteiger partial charge in [0.2, 0.25) is 6.79 Å². The SMILES string of the molecule is CSc1nc(N2CCCCC2)c2cnn(CCNC(=O)c3ccc4c(c3)OCO4)c2n1. The van der Waals surface area contributed by atoms with Crippen molar-refractivity contribution in [1.82, 2.24) is 25.1 Å². The molecule has 2 aromatic heterocycles. The fourth-order valence-corrected chi connectivity index (χ4v) is 4.29. The molecule has 1 aromatic carbocycles. The highest BCUT2D eigenvalue weighted by atomic mass is 32.2. The van der Waals surface area contributed by atoms with Crippen molar-refractivity contribution in [2.24, 2.45) is 0 Å². The van der Waals surface area contributed by atoms with Crippen LogP contribution in [0.5, 0.6) is 11.5 Å². The van der Waals surface area contributed by atoms with Crippen LogP contribution in [-0.4, -0.2) is 58.3 Å². The predicted octanol–water partition coefficient (Wildman–Crippen LogP) is 2.70. The van der Waals surface area contributed by atoms with E-state index in [1.54, 1.807) is 18.2 Å². The molecule has 162 valence electrons. The summed E-state index contributed by atoms with van der Waals surface area (Å²) in [4.78, 5) is 24.3. The molecule has 2 aliphatic heterocycles. The van der Waals surface area contributed by atoms with Crippen molar-refractivity contribution in [3.05, 3.63) is 30.0 Å². The van der Waals surface area contributed by atoms with Crippen molar-refractivity contribution >= 4 is 34.5 Å². The molecule has 10 heteroatoms. The summed E-state index contributed by atoms with van der Waals surface area (Å²) in [6.07, 6.45) is 7.44. The van der Waals surface area contributed by atoms with E-state index in [2.05, 4.69) is 20.3 Å². The van der Waals surface area contributed by atoms with Crippen molar-refractivity contribution in [2.45, 2.75) is 31.0 Å². The van der Waals surface area contributed by atoms with Crippen LogP contribution in [0.4, 0.5) is 5.82 Å². The summed E-state index contributed by atoms with van der Waals surface area (Å²) < 4.78 is 12.5. The highest BCUT2D eigenvalue weighted by Gasteiger charge is 2.20. The third kappa shape index (κ3) is 3.99. The average Bonchev–Trinajstić information content (AvgIpc) is 3.45. The van der Waals surface area contributed by atoms with Crippen LogP contribution in [0, 0.1) is 0 Å². The molecule has 31 heavy (non-hydrogen) atoms. The fourth-order valence-electron chi connectivity index (χ4n) is 3.94. The molecule has 1 amide bonds. The lowest BCUT2D eigenvalue weighted by atomic mass is 10.1. The zero-order valence-corrected chi connectivity index (χ0v) is 18.2. The van der Waals surface area contributed by atoms with Gasteiger partial charge in [-0.3, -0.25) is 4.79 Å². The van der Waals surface area contributed by atoms with Gasteiger partial charge < -0.3 is 19.7 Å². The number of carbonyl (C=O) groups excluding carboxylic acids is 1. The maximum Gasteiger partial charge on any atom is 0.251 e. The number of nitrogens with zero attached hydrogens (tertiary/aromatic N) is 5. The van der Waals surface area contributed by atoms with E-state index in [1.807, 2.05) is 17.1 Å². The van der Waals surface area contributed by atoms with E-state index in [9.17, 15) is 4.79 Å². The van der Waals surface area contributed by atoms with Crippen molar-refractivity contribution in [3.63, 3.8) is 0 Å². The number of carbonyl (C=O) groups is 1. The van der Waals surface area contributed by atoms with Gasteiger partial charge in [-0.15, -0.1) is 0 Å². The Labute approximate surface area is 184 Å². The van der Waals surface area contributed by atoms with E-state index in [0.717, 1.165) is 35.1 Å². The molecule has 0 aliphatic carbocycles. The van der Waals surface area contributed by atoms with Gasteiger partial charge >= 0.3 is 0 Å². The summed E-state index contributed by atoms with van der Waals surface area (Å²) in [6.45, 7) is 3.16. The number of amides is 1.